The van der Waals surface area contributed by atoms with E-state index in [1.54, 1.807) is 0 Å². The molecular weight excluding hydrogens is 265 g/mol. The lowest BCUT2D eigenvalue weighted by Crippen LogP contribution is -2.27. The highest BCUT2D eigenvalue weighted by atomic mass is 35.5. The zero-order valence-corrected chi connectivity index (χ0v) is 11.1. The van der Waals surface area contributed by atoms with E-state index in [1.807, 2.05) is 6.92 Å². The number of alkyl halides is 1. The molecule has 0 aromatic heterocycles. The standard InChI is InChI=1S/C11H15ClFNO2S/c1-2-9(12)7-8-14-17(15,16)11-6-4-3-5-10(11)13/h3-6,9,14H,2,7-8H2,1H3. The summed E-state index contributed by atoms with van der Waals surface area (Å²) in [7, 11) is -3.78. The average Bonchev–Trinajstić information content (AvgIpc) is 2.28. The quantitative estimate of drug-likeness (QED) is 0.814. The summed E-state index contributed by atoms with van der Waals surface area (Å²) in [5, 5.41) is -0.0710. The topological polar surface area (TPSA) is 46.2 Å². The molecule has 1 atom stereocenters. The van der Waals surface area contributed by atoms with Crippen LogP contribution in [0.15, 0.2) is 29.2 Å². The van der Waals surface area contributed by atoms with Gasteiger partial charge in [0.2, 0.25) is 10.0 Å². The minimum Gasteiger partial charge on any atom is -0.211 e. The lowest BCUT2D eigenvalue weighted by molar-refractivity contribution is 0.554. The van der Waals surface area contributed by atoms with Gasteiger partial charge in [-0.25, -0.2) is 17.5 Å². The molecule has 1 unspecified atom stereocenters. The molecule has 0 spiro atoms. The lowest BCUT2D eigenvalue weighted by atomic mass is 10.2. The summed E-state index contributed by atoms with van der Waals surface area (Å²) in [5.41, 5.74) is 0. The third-order valence-electron chi connectivity index (χ3n) is 2.32. The van der Waals surface area contributed by atoms with E-state index in [2.05, 4.69) is 4.72 Å². The van der Waals surface area contributed by atoms with Crippen molar-refractivity contribution in [1.82, 2.24) is 4.72 Å². The summed E-state index contributed by atoms with van der Waals surface area (Å²) in [5.74, 6) is -0.752. The van der Waals surface area contributed by atoms with Crippen molar-refractivity contribution in [3.05, 3.63) is 30.1 Å². The fourth-order valence-corrected chi connectivity index (χ4v) is 2.53. The summed E-state index contributed by atoms with van der Waals surface area (Å²) in [4.78, 5) is -0.331. The molecule has 0 saturated carbocycles. The predicted octanol–water partition coefficient (Wildman–Crippen LogP) is 2.51. The molecule has 0 aliphatic carbocycles. The fraction of sp³-hybridized carbons (Fsp3) is 0.455. The summed E-state index contributed by atoms with van der Waals surface area (Å²) < 4.78 is 39.1. The van der Waals surface area contributed by atoms with Gasteiger partial charge in [0.25, 0.3) is 0 Å². The molecule has 1 N–H and O–H groups in total. The first-order chi connectivity index (χ1) is 7.97. The van der Waals surface area contributed by atoms with Crippen molar-refractivity contribution in [3.8, 4) is 0 Å². The molecule has 1 aromatic rings. The van der Waals surface area contributed by atoms with Gasteiger partial charge in [-0.1, -0.05) is 19.1 Å². The Balaban J connectivity index is 2.67. The highest BCUT2D eigenvalue weighted by molar-refractivity contribution is 7.89. The van der Waals surface area contributed by atoms with Gasteiger partial charge in [0.05, 0.1) is 0 Å². The highest BCUT2D eigenvalue weighted by Crippen LogP contribution is 2.13. The van der Waals surface area contributed by atoms with Crippen LogP contribution >= 0.6 is 11.6 Å². The SMILES string of the molecule is CCC(Cl)CCNS(=O)(=O)c1ccccc1F. The van der Waals surface area contributed by atoms with Crippen LogP contribution in [0.4, 0.5) is 4.39 Å². The molecule has 0 heterocycles. The second-order valence-corrected chi connectivity index (χ2v) is 5.97. The first-order valence-corrected chi connectivity index (χ1v) is 7.27. The van der Waals surface area contributed by atoms with Crippen molar-refractivity contribution in [2.24, 2.45) is 0 Å². The smallest absolute Gasteiger partial charge is 0.211 e. The molecule has 17 heavy (non-hydrogen) atoms. The van der Waals surface area contributed by atoms with Crippen molar-refractivity contribution in [3.63, 3.8) is 0 Å². The van der Waals surface area contributed by atoms with Crippen LogP contribution in [0.25, 0.3) is 0 Å². The van der Waals surface area contributed by atoms with Crippen LogP contribution in [-0.2, 0) is 10.0 Å². The van der Waals surface area contributed by atoms with Crippen LogP contribution in [-0.4, -0.2) is 20.3 Å². The van der Waals surface area contributed by atoms with Gasteiger partial charge in [-0.15, -0.1) is 11.6 Å². The molecule has 0 radical (unpaired) electrons. The van der Waals surface area contributed by atoms with Gasteiger partial charge in [-0.2, -0.15) is 0 Å². The number of nitrogens with one attached hydrogen (secondary N) is 1. The van der Waals surface area contributed by atoms with Crippen molar-refractivity contribution in [1.29, 1.82) is 0 Å². The van der Waals surface area contributed by atoms with Gasteiger partial charge in [-0.3, -0.25) is 0 Å². The van der Waals surface area contributed by atoms with Crippen molar-refractivity contribution < 1.29 is 12.8 Å². The molecule has 1 aromatic carbocycles. The third-order valence-corrected chi connectivity index (χ3v) is 4.34. The average molecular weight is 280 g/mol. The van der Waals surface area contributed by atoms with E-state index in [9.17, 15) is 12.8 Å². The van der Waals surface area contributed by atoms with Crippen LogP contribution in [0, 0.1) is 5.82 Å². The second kappa shape index (κ2) is 6.33. The maximum Gasteiger partial charge on any atom is 0.243 e. The monoisotopic (exact) mass is 279 g/mol. The highest BCUT2D eigenvalue weighted by Gasteiger charge is 2.17. The van der Waals surface area contributed by atoms with Gasteiger partial charge in [0.15, 0.2) is 0 Å². The summed E-state index contributed by atoms with van der Waals surface area (Å²) in [6.45, 7) is 2.13. The lowest BCUT2D eigenvalue weighted by Gasteiger charge is -2.09. The van der Waals surface area contributed by atoms with Crippen LogP contribution in [0.1, 0.15) is 19.8 Å². The molecule has 0 aliphatic rings. The van der Waals surface area contributed by atoms with Crippen LogP contribution in [0.5, 0.6) is 0 Å². The zero-order valence-electron chi connectivity index (χ0n) is 9.49. The first kappa shape index (κ1) is 14.4. The van der Waals surface area contributed by atoms with Crippen molar-refractivity contribution >= 4 is 21.6 Å². The Hall–Kier alpha value is -0.650. The maximum atomic E-state index is 13.3. The van der Waals surface area contributed by atoms with Crippen LogP contribution in [0.3, 0.4) is 0 Å². The van der Waals surface area contributed by atoms with E-state index in [-0.39, 0.29) is 16.8 Å². The van der Waals surface area contributed by atoms with E-state index < -0.39 is 15.8 Å². The molecule has 0 bridgehead atoms. The molecular formula is C11H15ClFNO2S. The van der Waals surface area contributed by atoms with Crippen LogP contribution in [0.2, 0.25) is 0 Å². The Bertz CT molecular complexity index is 464. The van der Waals surface area contributed by atoms with Gasteiger partial charge in [-0.05, 0) is 25.0 Å². The molecule has 0 saturated heterocycles. The van der Waals surface area contributed by atoms with E-state index in [0.717, 1.165) is 12.5 Å². The fourth-order valence-electron chi connectivity index (χ4n) is 1.29. The Kier molecular flexibility index (Phi) is 5.36. The molecule has 1 rings (SSSR count). The van der Waals surface area contributed by atoms with E-state index in [0.29, 0.717) is 6.42 Å². The number of hydrogen-bond acceptors (Lipinski definition) is 2. The van der Waals surface area contributed by atoms with E-state index >= 15 is 0 Å². The normalized spacial score (nSPS) is 13.6. The van der Waals surface area contributed by atoms with Gasteiger partial charge in [0.1, 0.15) is 10.7 Å². The van der Waals surface area contributed by atoms with Gasteiger partial charge >= 0.3 is 0 Å². The summed E-state index contributed by atoms with van der Waals surface area (Å²) >= 11 is 5.86. The number of hydrogen-bond donors (Lipinski definition) is 1. The van der Waals surface area contributed by atoms with Gasteiger partial charge < -0.3 is 0 Å². The van der Waals surface area contributed by atoms with Gasteiger partial charge in [0, 0.05) is 11.9 Å². The number of benzene rings is 1. The van der Waals surface area contributed by atoms with Crippen molar-refractivity contribution in [2.45, 2.75) is 30.0 Å². The largest absolute Gasteiger partial charge is 0.243 e. The molecule has 3 nitrogen and oxygen atoms in total. The second-order valence-electron chi connectivity index (χ2n) is 3.62. The summed E-state index contributed by atoms with van der Waals surface area (Å²) in [6, 6.07) is 5.27. The number of halogens is 2. The van der Waals surface area contributed by atoms with Crippen LogP contribution < -0.4 is 4.72 Å². The zero-order chi connectivity index (χ0) is 12.9. The predicted molar refractivity (Wildman–Crippen MR) is 66.1 cm³/mol. The Labute approximate surface area is 106 Å². The first-order valence-electron chi connectivity index (χ1n) is 5.35. The third kappa shape index (κ3) is 4.26. The molecule has 0 fully saturated rings. The summed E-state index contributed by atoms with van der Waals surface area (Å²) in [6.07, 6.45) is 1.29. The maximum absolute atomic E-state index is 13.3. The minimum absolute atomic E-state index is 0.0710. The van der Waals surface area contributed by atoms with E-state index in [1.165, 1.54) is 18.2 Å². The molecule has 0 aliphatic heterocycles. The molecule has 6 heteroatoms. The van der Waals surface area contributed by atoms with Crippen molar-refractivity contribution in [2.75, 3.05) is 6.54 Å². The van der Waals surface area contributed by atoms with E-state index in [4.69, 9.17) is 11.6 Å². The minimum atomic E-state index is -3.78. The Morgan fingerprint density at radius 2 is 2.06 bits per heavy atom. The molecule has 0 amide bonds. The Morgan fingerprint density at radius 3 is 2.65 bits per heavy atom. The Morgan fingerprint density at radius 1 is 1.41 bits per heavy atom. The number of sulfonamides is 1. The molecule has 96 valence electrons. The number of rotatable bonds is 6.